The topological polar surface area (TPSA) is 54.3 Å². The standard InChI is InChI=1S/C24H16Cl2N2O2S/c25-16-8-11-19(20(26)14-16)22-12-9-17(30-22)10-13-23(29)28-24(31)27-21-7-3-5-15-4-1-2-6-18(15)21/h1-14H,(H2,27,28,29,31)/b13-10+. The van der Waals surface area contributed by atoms with Crippen molar-refractivity contribution in [3.63, 3.8) is 0 Å². The molecule has 0 aliphatic heterocycles. The van der Waals surface area contributed by atoms with E-state index in [1.165, 1.54) is 6.08 Å². The van der Waals surface area contributed by atoms with Crippen LogP contribution in [0, 0.1) is 0 Å². The zero-order chi connectivity index (χ0) is 21.8. The summed E-state index contributed by atoms with van der Waals surface area (Å²) >= 11 is 17.4. The van der Waals surface area contributed by atoms with Crippen molar-refractivity contribution in [2.45, 2.75) is 0 Å². The lowest BCUT2D eigenvalue weighted by atomic mass is 10.1. The highest BCUT2D eigenvalue weighted by atomic mass is 35.5. The van der Waals surface area contributed by atoms with E-state index in [1.807, 2.05) is 42.5 Å². The molecule has 0 fully saturated rings. The number of hydrogen-bond acceptors (Lipinski definition) is 3. The molecule has 0 spiro atoms. The minimum absolute atomic E-state index is 0.207. The van der Waals surface area contributed by atoms with E-state index >= 15 is 0 Å². The summed E-state index contributed by atoms with van der Waals surface area (Å²) in [6.07, 6.45) is 2.91. The molecule has 1 amide bonds. The van der Waals surface area contributed by atoms with Gasteiger partial charge < -0.3 is 9.73 Å². The maximum atomic E-state index is 12.2. The highest BCUT2D eigenvalue weighted by Crippen LogP contribution is 2.31. The SMILES string of the molecule is O=C(/C=C/c1ccc(-c2ccc(Cl)cc2Cl)o1)NC(=S)Nc1cccc2ccccc12. The fraction of sp³-hybridized carbons (Fsp3) is 0. The van der Waals surface area contributed by atoms with E-state index in [0.717, 1.165) is 22.0 Å². The first kappa shape index (κ1) is 21.1. The summed E-state index contributed by atoms with van der Waals surface area (Å²) in [5, 5.41) is 9.04. The number of rotatable bonds is 4. The van der Waals surface area contributed by atoms with Gasteiger partial charge in [-0.05, 0) is 60.1 Å². The molecule has 0 bridgehead atoms. The van der Waals surface area contributed by atoms with Crippen LogP contribution in [-0.4, -0.2) is 11.0 Å². The summed E-state index contributed by atoms with van der Waals surface area (Å²) in [5.74, 6) is 0.708. The van der Waals surface area contributed by atoms with Gasteiger partial charge in [0.15, 0.2) is 5.11 Å². The van der Waals surface area contributed by atoms with Crippen LogP contribution in [-0.2, 0) is 4.79 Å². The number of amides is 1. The van der Waals surface area contributed by atoms with E-state index in [0.29, 0.717) is 21.6 Å². The van der Waals surface area contributed by atoms with Gasteiger partial charge in [0, 0.05) is 27.7 Å². The van der Waals surface area contributed by atoms with Crippen molar-refractivity contribution in [1.82, 2.24) is 5.32 Å². The normalized spacial score (nSPS) is 11.0. The quantitative estimate of drug-likeness (QED) is 0.252. The van der Waals surface area contributed by atoms with E-state index in [9.17, 15) is 4.79 Å². The van der Waals surface area contributed by atoms with Crippen LogP contribution in [0.4, 0.5) is 5.69 Å². The van der Waals surface area contributed by atoms with E-state index < -0.39 is 0 Å². The fourth-order valence-electron chi connectivity index (χ4n) is 3.08. The number of hydrogen-bond donors (Lipinski definition) is 2. The second-order valence-electron chi connectivity index (χ2n) is 6.63. The Hall–Kier alpha value is -3.12. The predicted octanol–water partition coefficient (Wildman–Crippen LogP) is 6.93. The molecule has 0 aliphatic carbocycles. The molecule has 31 heavy (non-hydrogen) atoms. The lowest BCUT2D eigenvalue weighted by Gasteiger charge is -2.10. The first-order chi connectivity index (χ1) is 15.0. The number of anilines is 1. The van der Waals surface area contributed by atoms with E-state index in [-0.39, 0.29) is 11.0 Å². The fourth-order valence-corrected chi connectivity index (χ4v) is 3.79. The number of nitrogens with one attached hydrogen (secondary N) is 2. The third-order valence-electron chi connectivity index (χ3n) is 4.50. The lowest BCUT2D eigenvalue weighted by Crippen LogP contribution is -2.32. The molecule has 0 saturated carbocycles. The second-order valence-corrected chi connectivity index (χ2v) is 7.88. The Bertz CT molecular complexity index is 1310. The van der Waals surface area contributed by atoms with Crippen LogP contribution in [0.25, 0.3) is 28.2 Å². The van der Waals surface area contributed by atoms with Gasteiger partial charge in [0.1, 0.15) is 11.5 Å². The van der Waals surface area contributed by atoms with Crippen molar-refractivity contribution < 1.29 is 9.21 Å². The Balaban J connectivity index is 1.39. The number of halogens is 2. The summed E-state index contributed by atoms with van der Waals surface area (Å²) in [6.45, 7) is 0. The number of thiocarbonyl (C=S) groups is 1. The van der Waals surface area contributed by atoms with E-state index in [1.54, 1.807) is 36.4 Å². The molecular weight excluding hydrogens is 451 g/mol. The van der Waals surface area contributed by atoms with E-state index in [2.05, 4.69) is 10.6 Å². The molecule has 1 heterocycles. The van der Waals surface area contributed by atoms with Crippen LogP contribution in [0.2, 0.25) is 10.0 Å². The highest BCUT2D eigenvalue weighted by molar-refractivity contribution is 7.80. The van der Waals surface area contributed by atoms with Gasteiger partial charge >= 0.3 is 0 Å². The monoisotopic (exact) mass is 466 g/mol. The Morgan fingerprint density at radius 2 is 1.77 bits per heavy atom. The molecule has 4 aromatic rings. The molecule has 0 unspecified atom stereocenters. The first-order valence-corrected chi connectivity index (χ1v) is 10.5. The van der Waals surface area contributed by atoms with Crippen LogP contribution >= 0.6 is 35.4 Å². The van der Waals surface area contributed by atoms with E-state index in [4.69, 9.17) is 39.8 Å². The van der Waals surface area contributed by atoms with Gasteiger partial charge in [0.25, 0.3) is 0 Å². The average molecular weight is 467 g/mol. The molecule has 0 saturated heterocycles. The van der Waals surface area contributed by atoms with Gasteiger partial charge in [0.05, 0.1) is 5.02 Å². The average Bonchev–Trinajstić information content (AvgIpc) is 3.21. The van der Waals surface area contributed by atoms with Gasteiger partial charge in [-0.3, -0.25) is 10.1 Å². The minimum Gasteiger partial charge on any atom is -0.457 e. The van der Waals surface area contributed by atoms with Crippen LogP contribution in [0.15, 0.2) is 83.3 Å². The molecule has 4 rings (SSSR count). The molecule has 154 valence electrons. The maximum absolute atomic E-state index is 12.2. The Kier molecular flexibility index (Phi) is 6.37. The molecule has 4 nitrogen and oxygen atoms in total. The Labute approximate surface area is 194 Å². The molecular formula is C24H16Cl2N2O2S. The summed E-state index contributed by atoms with van der Waals surface area (Å²) in [5.41, 5.74) is 1.54. The molecule has 3 aromatic carbocycles. The summed E-state index contributed by atoms with van der Waals surface area (Å²) in [6, 6.07) is 22.5. The number of carbonyl (C=O) groups is 1. The molecule has 2 N–H and O–H groups in total. The predicted molar refractivity (Wildman–Crippen MR) is 132 cm³/mol. The third kappa shape index (κ3) is 5.14. The van der Waals surface area contributed by atoms with Crippen molar-refractivity contribution in [3.8, 4) is 11.3 Å². The lowest BCUT2D eigenvalue weighted by molar-refractivity contribution is -0.115. The largest absolute Gasteiger partial charge is 0.457 e. The molecule has 7 heteroatoms. The van der Waals surface area contributed by atoms with Crippen LogP contribution in [0.3, 0.4) is 0 Å². The van der Waals surface area contributed by atoms with Crippen LogP contribution in [0.1, 0.15) is 5.76 Å². The van der Waals surface area contributed by atoms with Crippen molar-refractivity contribution in [2.24, 2.45) is 0 Å². The molecule has 0 radical (unpaired) electrons. The second kappa shape index (κ2) is 9.35. The number of fused-ring (bicyclic) bond motifs is 1. The number of benzene rings is 3. The maximum Gasteiger partial charge on any atom is 0.250 e. The van der Waals surface area contributed by atoms with Crippen molar-refractivity contribution >= 4 is 69.0 Å². The molecule has 1 aromatic heterocycles. The Morgan fingerprint density at radius 3 is 2.61 bits per heavy atom. The van der Waals surface area contributed by atoms with Crippen LogP contribution in [0.5, 0.6) is 0 Å². The smallest absolute Gasteiger partial charge is 0.250 e. The van der Waals surface area contributed by atoms with Gasteiger partial charge in [-0.2, -0.15) is 0 Å². The zero-order valence-electron chi connectivity index (χ0n) is 16.1. The number of furan rings is 1. The van der Waals surface area contributed by atoms with Crippen molar-refractivity contribution in [2.75, 3.05) is 5.32 Å². The van der Waals surface area contributed by atoms with Crippen molar-refractivity contribution in [3.05, 3.63) is 94.7 Å². The summed E-state index contributed by atoms with van der Waals surface area (Å²) in [4.78, 5) is 12.2. The van der Waals surface area contributed by atoms with Gasteiger partial charge in [-0.15, -0.1) is 0 Å². The highest BCUT2D eigenvalue weighted by Gasteiger charge is 2.09. The third-order valence-corrected chi connectivity index (χ3v) is 5.25. The Morgan fingerprint density at radius 1 is 0.968 bits per heavy atom. The molecule has 0 atom stereocenters. The molecule has 0 aliphatic rings. The van der Waals surface area contributed by atoms with Crippen LogP contribution < -0.4 is 10.6 Å². The summed E-state index contributed by atoms with van der Waals surface area (Å²) in [7, 11) is 0. The van der Waals surface area contributed by atoms with Gasteiger partial charge in [-0.1, -0.05) is 59.6 Å². The summed E-state index contributed by atoms with van der Waals surface area (Å²) < 4.78 is 5.75. The zero-order valence-corrected chi connectivity index (χ0v) is 18.4. The van der Waals surface area contributed by atoms with Gasteiger partial charge in [-0.25, -0.2) is 0 Å². The van der Waals surface area contributed by atoms with Gasteiger partial charge in [0.2, 0.25) is 5.91 Å². The van der Waals surface area contributed by atoms with Crippen molar-refractivity contribution in [1.29, 1.82) is 0 Å². The first-order valence-electron chi connectivity index (χ1n) is 9.33. The number of carbonyl (C=O) groups excluding carboxylic acids is 1. The minimum atomic E-state index is -0.375.